The van der Waals surface area contributed by atoms with E-state index >= 15 is 0 Å². The lowest BCUT2D eigenvalue weighted by molar-refractivity contribution is -0.142. The topological polar surface area (TPSA) is 38.1 Å². The van der Waals surface area contributed by atoms with Crippen LogP contribution in [0, 0.1) is 0 Å². The third-order valence-corrected chi connectivity index (χ3v) is 2.19. The summed E-state index contributed by atoms with van der Waals surface area (Å²) >= 11 is 0. The highest BCUT2D eigenvalue weighted by molar-refractivity contribution is 5.64. The quantitative estimate of drug-likeness (QED) is 0.696. The van der Waals surface area contributed by atoms with Crippen LogP contribution < -0.4 is 0 Å². The second kappa shape index (κ2) is 3.80. The van der Waals surface area contributed by atoms with Gasteiger partial charge in [-0.25, -0.2) is 14.4 Å². The first kappa shape index (κ1) is 11.0. The number of aliphatic imine (C=N–C) groups is 1. The van der Waals surface area contributed by atoms with Gasteiger partial charge in [-0.15, -0.1) is 0 Å². The average molecular weight is 233 g/mol. The van der Waals surface area contributed by atoms with Crippen molar-refractivity contribution in [3.63, 3.8) is 0 Å². The molecule has 0 fully saturated rings. The molecule has 0 N–H and O–H groups in total. The van der Waals surface area contributed by atoms with Crippen molar-refractivity contribution in [1.82, 2.24) is 9.97 Å². The van der Waals surface area contributed by atoms with Crippen molar-refractivity contribution in [3.8, 4) is 0 Å². The summed E-state index contributed by atoms with van der Waals surface area (Å²) in [4.78, 5) is 10.7. The lowest BCUT2D eigenvalue weighted by atomic mass is 10.1. The van der Waals surface area contributed by atoms with Gasteiger partial charge in [-0.05, 0) is 0 Å². The van der Waals surface area contributed by atoms with Crippen molar-refractivity contribution < 1.29 is 17.6 Å². The molecule has 0 saturated heterocycles. The number of halogens is 4. The molecule has 0 spiro atoms. The number of fused-ring (bicyclic) bond motifs is 1. The minimum absolute atomic E-state index is 0.000278. The van der Waals surface area contributed by atoms with Gasteiger partial charge in [0.25, 0.3) is 0 Å². The lowest BCUT2D eigenvalue weighted by Crippen LogP contribution is -2.19. The Labute approximate surface area is 88.2 Å². The van der Waals surface area contributed by atoms with Crippen LogP contribution >= 0.6 is 0 Å². The van der Waals surface area contributed by atoms with E-state index in [2.05, 4.69) is 15.0 Å². The number of aromatic nitrogens is 2. The Hall–Kier alpha value is -1.53. The van der Waals surface area contributed by atoms with E-state index in [9.17, 15) is 17.6 Å². The molecule has 0 saturated carbocycles. The highest BCUT2D eigenvalue weighted by Crippen LogP contribution is 2.32. The predicted molar refractivity (Wildman–Crippen MR) is 47.7 cm³/mol. The first-order valence-corrected chi connectivity index (χ1v) is 4.52. The third-order valence-electron chi connectivity index (χ3n) is 2.19. The fourth-order valence-corrected chi connectivity index (χ4v) is 1.53. The molecule has 1 aliphatic rings. The summed E-state index contributed by atoms with van der Waals surface area (Å²) in [6.07, 6.45) is -3.16. The molecule has 1 aliphatic heterocycles. The third kappa shape index (κ3) is 1.89. The molecule has 1 aromatic heterocycles. The van der Waals surface area contributed by atoms with Crippen LogP contribution in [0.5, 0.6) is 0 Å². The minimum atomic E-state index is -4.58. The van der Waals surface area contributed by atoms with Gasteiger partial charge in [0.2, 0.25) is 0 Å². The Bertz CT molecular complexity index is 439. The molecule has 1 aromatic rings. The van der Waals surface area contributed by atoms with Crippen molar-refractivity contribution in [1.29, 1.82) is 0 Å². The zero-order valence-electron chi connectivity index (χ0n) is 8.05. The number of hydrogen-bond acceptors (Lipinski definition) is 3. The SMILES string of the molecule is FCc1nc2c(c(C(F)(F)F)n1)CC=NC2. The molecule has 3 nitrogen and oxygen atoms in total. The van der Waals surface area contributed by atoms with E-state index in [1.54, 1.807) is 0 Å². The minimum Gasteiger partial charge on any atom is -0.291 e. The van der Waals surface area contributed by atoms with E-state index < -0.39 is 24.4 Å². The van der Waals surface area contributed by atoms with Gasteiger partial charge in [-0.3, -0.25) is 4.99 Å². The Balaban J connectivity index is 2.59. The van der Waals surface area contributed by atoms with Crippen LogP contribution in [0.3, 0.4) is 0 Å². The van der Waals surface area contributed by atoms with Gasteiger partial charge in [-0.1, -0.05) is 0 Å². The van der Waals surface area contributed by atoms with Gasteiger partial charge in [0.15, 0.2) is 11.5 Å². The Morgan fingerprint density at radius 2 is 2.00 bits per heavy atom. The molecule has 7 heteroatoms. The van der Waals surface area contributed by atoms with Gasteiger partial charge >= 0.3 is 6.18 Å². The standard InChI is InChI=1S/C9H7F4N3/c10-3-7-15-6-4-14-2-1-5(6)8(16-7)9(11,12)13/h2H,1,3-4H2. The van der Waals surface area contributed by atoms with Crippen LogP contribution in [0.15, 0.2) is 4.99 Å². The largest absolute Gasteiger partial charge is 0.433 e. The van der Waals surface area contributed by atoms with E-state index in [1.165, 1.54) is 6.21 Å². The van der Waals surface area contributed by atoms with E-state index in [1.807, 2.05) is 0 Å². The number of hydrogen-bond donors (Lipinski definition) is 0. The molecule has 2 rings (SSSR count). The molecule has 0 atom stereocenters. The fraction of sp³-hybridized carbons (Fsp3) is 0.444. The summed E-state index contributed by atoms with van der Waals surface area (Å²) < 4.78 is 50.2. The molecule has 0 bridgehead atoms. The van der Waals surface area contributed by atoms with E-state index in [0.717, 1.165) is 0 Å². The molecule has 2 heterocycles. The Morgan fingerprint density at radius 1 is 1.25 bits per heavy atom. The molecule has 16 heavy (non-hydrogen) atoms. The van der Waals surface area contributed by atoms with Crippen molar-refractivity contribution >= 4 is 6.21 Å². The molecule has 0 unspecified atom stereocenters. The molecular weight excluding hydrogens is 226 g/mol. The Kier molecular flexibility index (Phi) is 2.61. The van der Waals surface area contributed by atoms with Gasteiger partial charge in [0.1, 0.15) is 6.67 Å². The fourth-order valence-electron chi connectivity index (χ4n) is 1.53. The second-order valence-corrected chi connectivity index (χ2v) is 3.27. The molecule has 0 aliphatic carbocycles. The summed E-state index contributed by atoms with van der Waals surface area (Å²) in [6.45, 7) is -1.06. The number of rotatable bonds is 1. The smallest absolute Gasteiger partial charge is 0.291 e. The van der Waals surface area contributed by atoms with Gasteiger partial charge in [-0.2, -0.15) is 13.2 Å². The first-order valence-electron chi connectivity index (χ1n) is 4.52. The molecule has 0 aromatic carbocycles. The highest BCUT2D eigenvalue weighted by Gasteiger charge is 2.37. The van der Waals surface area contributed by atoms with Gasteiger partial charge in [0.05, 0.1) is 12.2 Å². The predicted octanol–water partition coefficient (Wildman–Crippen LogP) is 2.09. The first-order chi connectivity index (χ1) is 7.52. The number of alkyl halides is 4. The van der Waals surface area contributed by atoms with Crippen LogP contribution in [-0.2, 0) is 25.8 Å². The zero-order chi connectivity index (χ0) is 11.8. The van der Waals surface area contributed by atoms with Crippen LogP contribution in [0.4, 0.5) is 17.6 Å². The zero-order valence-corrected chi connectivity index (χ0v) is 8.05. The average Bonchev–Trinajstić information content (AvgIpc) is 2.26. The summed E-state index contributed by atoms with van der Waals surface area (Å²) in [5, 5.41) is 0. The molecular formula is C9H7F4N3. The molecule has 0 radical (unpaired) electrons. The van der Waals surface area contributed by atoms with Crippen molar-refractivity contribution in [2.75, 3.05) is 0 Å². The molecule has 0 amide bonds. The maximum atomic E-state index is 12.6. The summed E-state index contributed by atoms with van der Waals surface area (Å²) in [5.41, 5.74) is -0.881. The van der Waals surface area contributed by atoms with Gasteiger partial charge < -0.3 is 0 Å². The van der Waals surface area contributed by atoms with E-state index in [0.29, 0.717) is 0 Å². The van der Waals surface area contributed by atoms with Crippen molar-refractivity contribution in [2.24, 2.45) is 4.99 Å². The van der Waals surface area contributed by atoms with E-state index in [-0.39, 0.29) is 24.2 Å². The maximum Gasteiger partial charge on any atom is 0.433 e. The van der Waals surface area contributed by atoms with Crippen LogP contribution in [0.25, 0.3) is 0 Å². The van der Waals surface area contributed by atoms with Crippen LogP contribution in [0.2, 0.25) is 0 Å². The monoisotopic (exact) mass is 233 g/mol. The summed E-state index contributed by atoms with van der Waals surface area (Å²) in [6, 6.07) is 0. The number of nitrogens with zero attached hydrogens (tertiary/aromatic N) is 3. The summed E-state index contributed by atoms with van der Waals surface area (Å²) in [5.74, 6) is -0.442. The maximum absolute atomic E-state index is 12.6. The van der Waals surface area contributed by atoms with Crippen LogP contribution in [-0.4, -0.2) is 16.2 Å². The highest BCUT2D eigenvalue weighted by atomic mass is 19.4. The normalized spacial score (nSPS) is 15.0. The van der Waals surface area contributed by atoms with Crippen molar-refractivity contribution in [2.45, 2.75) is 25.8 Å². The van der Waals surface area contributed by atoms with Crippen LogP contribution in [0.1, 0.15) is 22.8 Å². The van der Waals surface area contributed by atoms with Gasteiger partial charge in [0, 0.05) is 18.2 Å². The van der Waals surface area contributed by atoms with Crippen molar-refractivity contribution in [3.05, 3.63) is 22.8 Å². The summed E-state index contributed by atoms with van der Waals surface area (Å²) in [7, 11) is 0. The lowest BCUT2D eigenvalue weighted by Gasteiger charge is -2.16. The second-order valence-electron chi connectivity index (χ2n) is 3.27. The molecule has 86 valence electrons. The Morgan fingerprint density at radius 3 is 2.62 bits per heavy atom. The van der Waals surface area contributed by atoms with E-state index in [4.69, 9.17) is 0 Å².